The van der Waals surface area contributed by atoms with Gasteiger partial charge in [0.1, 0.15) is 5.75 Å². The van der Waals surface area contributed by atoms with Gasteiger partial charge in [-0.25, -0.2) is 9.78 Å². The Labute approximate surface area is 292 Å². The zero-order valence-corrected chi connectivity index (χ0v) is 29.8. The number of nitrogens with one attached hydrogen (secondary N) is 2. The summed E-state index contributed by atoms with van der Waals surface area (Å²) in [5.41, 5.74) is 0.845. The largest absolute Gasteiger partial charge is 0.490 e. The van der Waals surface area contributed by atoms with Crippen molar-refractivity contribution in [3.05, 3.63) is 54.5 Å². The number of ether oxygens (including phenoxy) is 4. The minimum atomic E-state index is -4.04. The van der Waals surface area contributed by atoms with Crippen molar-refractivity contribution in [3.63, 3.8) is 0 Å². The molecule has 2 aliphatic rings. The molecule has 2 aromatic carbocycles. The van der Waals surface area contributed by atoms with Gasteiger partial charge in [0.25, 0.3) is 15.9 Å². The van der Waals surface area contributed by atoms with Gasteiger partial charge in [-0.05, 0) is 63.4 Å². The number of aromatic nitrogens is 2. The molecule has 0 aliphatic carbocycles. The summed E-state index contributed by atoms with van der Waals surface area (Å²) < 4.78 is 53.6. The molecule has 0 saturated heterocycles. The molecule has 2 aliphatic heterocycles. The molecule has 0 radical (unpaired) electrons. The predicted molar refractivity (Wildman–Crippen MR) is 185 cm³/mol. The Balaban J connectivity index is 1.38. The second kappa shape index (κ2) is 16.0. The van der Waals surface area contributed by atoms with E-state index in [9.17, 15) is 23.1 Å². The molecule has 0 spiro atoms. The number of likely N-dealkylation sites (N-methyl/N-ethyl adjacent to an activating group) is 1. The molecule has 3 amide bonds. The number of urea groups is 1. The van der Waals surface area contributed by atoms with Crippen LogP contribution in [0, 0.1) is 5.92 Å². The summed E-state index contributed by atoms with van der Waals surface area (Å²) in [6.45, 7) is 6.21. The summed E-state index contributed by atoms with van der Waals surface area (Å²) in [4.78, 5) is 34.6. The summed E-state index contributed by atoms with van der Waals surface area (Å²) in [6.07, 6.45) is 4.26. The average Bonchev–Trinajstić information content (AvgIpc) is 3.75. The van der Waals surface area contributed by atoms with Gasteiger partial charge >= 0.3 is 6.03 Å². The molecule has 3 aromatic rings. The monoisotopic (exact) mass is 714 g/mol. The van der Waals surface area contributed by atoms with E-state index in [-0.39, 0.29) is 60.8 Å². The van der Waals surface area contributed by atoms with E-state index in [0.717, 1.165) is 12.8 Å². The fraction of sp³-hybridized carbons (Fsp3) is 0.500. The number of carbonyl (C=O) groups excluding carboxylic acids is 2. The number of benzene rings is 2. The highest BCUT2D eigenvalue weighted by atomic mass is 32.2. The molecule has 5 rings (SSSR count). The number of carbonyl (C=O) groups is 2. The molecule has 15 nitrogen and oxygen atoms in total. The molecule has 16 heteroatoms. The van der Waals surface area contributed by atoms with Gasteiger partial charge in [-0.2, -0.15) is 8.42 Å². The second-order valence-corrected chi connectivity index (χ2v) is 14.5. The number of fused-ring (bicyclic) bond motifs is 2. The molecule has 50 heavy (non-hydrogen) atoms. The van der Waals surface area contributed by atoms with Gasteiger partial charge in [0.2, 0.25) is 6.79 Å². The van der Waals surface area contributed by atoms with Crippen LogP contribution in [0.5, 0.6) is 17.2 Å². The molecule has 4 atom stereocenters. The van der Waals surface area contributed by atoms with E-state index in [1.807, 2.05) is 13.8 Å². The first-order valence-corrected chi connectivity index (χ1v) is 18.1. The van der Waals surface area contributed by atoms with Crippen LogP contribution in [0.4, 0.5) is 16.2 Å². The van der Waals surface area contributed by atoms with Gasteiger partial charge in [-0.1, -0.05) is 6.92 Å². The van der Waals surface area contributed by atoms with Gasteiger partial charge in [0.05, 0.1) is 36.7 Å². The van der Waals surface area contributed by atoms with E-state index in [0.29, 0.717) is 36.0 Å². The topological polar surface area (TPSA) is 174 Å². The second-order valence-electron chi connectivity index (χ2n) is 12.9. The van der Waals surface area contributed by atoms with Crippen LogP contribution in [0.15, 0.2) is 53.9 Å². The van der Waals surface area contributed by atoms with E-state index in [1.165, 1.54) is 33.0 Å². The lowest BCUT2D eigenvalue weighted by Crippen LogP contribution is -2.48. The molecule has 3 N–H and O–H groups in total. The summed E-state index contributed by atoms with van der Waals surface area (Å²) in [5, 5.41) is 13.0. The van der Waals surface area contributed by atoms with Gasteiger partial charge in [0, 0.05) is 63.3 Å². The Morgan fingerprint density at radius 3 is 2.58 bits per heavy atom. The maximum atomic E-state index is 14.4. The quantitative estimate of drug-likeness (QED) is 0.311. The lowest BCUT2D eigenvalue weighted by molar-refractivity contribution is -0.0115. The van der Waals surface area contributed by atoms with E-state index >= 15 is 0 Å². The lowest BCUT2D eigenvalue weighted by Gasteiger charge is -2.35. The highest BCUT2D eigenvalue weighted by Gasteiger charge is 2.31. The molecule has 272 valence electrons. The summed E-state index contributed by atoms with van der Waals surface area (Å²) in [7, 11) is -0.706. The number of rotatable bonds is 8. The Morgan fingerprint density at radius 1 is 1.10 bits per heavy atom. The summed E-state index contributed by atoms with van der Waals surface area (Å²) >= 11 is 0. The predicted octanol–water partition coefficient (Wildman–Crippen LogP) is 3.91. The van der Waals surface area contributed by atoms with Crippen molar-refractivity contribution in [2.45, 2.75) is 63.3 Å². The summed E-state index contributed by atoms with van der Waals surface area (Å²) in [6, 6.07) is 8.78. The number of nitrogens with zero attached hydrogens (tertiary/aromatic N) is 4. The molecule has 0 unspecified atom stereocenters. The number of aryl methyl sites for hydroxylation is 1. The Bertz CT molecular complexity index is 1770. The SMILES string of the molecule is C[C@@H]1CCCCO[C@H](CN(C)C(=O)Nc2ccc3c(c2)OCO3)[C@@H](C)CN([C@H](C)CO)C(=O)c2cc(NS(=O)(=O)c3cn(C)cn3)ccc2O1. The number of hydrogen-bond acceptors (Lipinski definition) is 10. The fourth-order valence-corrected chi connectivity index (χ4v) is 6.76. The first-order chi connectivity index (χ1) is 23.8. The van der Waals surface area contributed by atoms with Crippen molar-refractivity contribution in [1.29, 1.82) is 0 Å². The molecule has 3 heterocycles. The number of anilines is 2. The fourth-order valence-electron chi connectivity index (χ4n) is 5.73. The first kappa shape index (κ1) is 36.7. The maximum absolute atomic E-state index is 14.4. The molecule has 0 bridgehead atoms. The Morgan fingerprint density at radius 2 is 1.84 bits per heavy atom. The van der Waals surface area contributed by atoms with Crippen molar-refractivity contribution in [1.82, 2.24) is 19.4 Å². The van der Waals surface area contributed by atoms with Crippen LogP contribution in [0.2, 0.25) is 0 Å². The van der Waals surface area contributed by atoms with Crippen LogP contribution >= 0.6 is 0 Å². The third kappa shape index (κ3) is 8.97. The van der Waals surface area contributed by atoms with Crippen LogP contribution in [-0.2, 0) is 21.8 Å². The zero-order chi connectivity index (χ0) is 36.0. The minimum absolute atomic E-state index is 0.126. The van der Waals surface area contributed by atoms with Crippen molar-refractivity contribution >= 4 is 33.3 Å². The van der Waals surface area contributed by atoms with E-state index in [4.69, 9.17) is 18.9 Å². The van der Waals surface area contributed by atoms with Crippen LogP contribution in [0.25, 0.3) is 0 Å². The third-order valence-electron chi connectivity index (χ3n) is 8.68. The molecule has 1 aromatic heterocycles. The van der Waals surface area contributed by atoms with Crippen molar-refractivity contribution < 1.29 is 42.1 Å². The van der Waals surface area contributed by atoms with E-state index in [1.54, 1.807) is 51.4 Å². The lowest BCUT2D eigenvalue weighted by atomic mass is 10.0. The van der Waals surface area contributed by atoms with Gasteiger partial charge < -0.3 is 43.7 Å². The van der Waals surface area contributed by atoms with Crippen molar-refractivity contribution in [2.75, 3.05) is 50.2 Å². The first-order valence-electron chi connectivity index (χ1n) is 16.6. The molecule has 0 saturated carbocycles. The number of aliphatic hydroxyl groups is 1. The number of sulfonamides is 1. The third-order valence-corrected chi connectivity index (χ3v) is 9.95. The highest BCUT2D eigenvalue weighted by Crippen LogP contribution is 2.34. The highest BCUT2D eigenvalue weighted by molar-refractivity contribution is 7.92. The van der Waals surface area contributed by atoms with Gasteiger partial charge in [0.15, 0.2) is 16.5 Å². The number of hydrogen-bond donors (Lipinski definition) is 3. The molecule has 0 fully saturated rings. The zero-order valence-electron chi connectivity index (χ0n) is 29.0. The number of amides is 3. The van der Waals surface area contributed by atoms with Crippen molar-refractivity contribution in [2.24, 2.45) is 13.0 Å². The van der Waals surface area contributed by atoms with Crippen LogP contribution in [-0.4, -0.2) is 103 Å². The van der Waals surface area contributed by atoms with Crippen molar-refractivity contribution in [3.8, 4) is 17.2 Å². The normalized spacial score (nSPS) is 20.6. The molecular formula is C34H46N6O9S. The maximum Gasteiger partial charge on any atom is 0.321 e. The van der Waals surface area contributed by atoms with E-state index < -0.39 is 28.1 Å². The Hall–Kier alpha value is -4.54. The van der Waals surface area contributed by atoms with Gasteiger partial charge in [-0.3, -0.25) is 9.52 Å². The minimum Gasteiger partial charge on any atom is -0.490 e. The van der Waals surface area contributed by atoms with Gasteiger partial charge in [-0.15, -0.1) is 0 Å². The molecular weight excluding hydrogens is 668 g/mol. The van der Waals surface area contributed by atoms with Crippen LogP contribution in [0.1, 0.15) is 50.4 Å². The smallest absolute Gasteiger partial charge is 0.321 e. The summed E-state index contributed by atoms with van der Waals surface area (Å²) in [5.74, 6) is 0.723. The van der Waals surface area contributed by atoms with Crippen LogP contribution in [0.3, 0.4) is 0 Å². The Kier molecular flexibility index (Phi) is 11.8. The number of aliphatic hydroxyl groups excluding tert-OH is 1. The average molecular weight is 715 g/mol. The van der Waals surface area contributed by atoms with Crippen LogP contribution < -0.4 is 24.2 Å². The number of imidazole rings is 1. The standard InChI is InChI=1S/C34H46N6O9S/c1-22-16-40(23(2)19-41)33(42)27-14-26(37-50(44,45)32-18-38(4)20-35-32)10-11-28(27)49-24(3)8-6-7-13-46-31(22)17-39(5)34(43)36-25-9-12-29-30(15-25)48-21-47-29/h9-12,14-15,18,20,22-24,31,37,41H,6-8,13,16-17,19,21H2,1-5H3,(H,36,43)/t22-,23+,24+,31+/m0/s1. The van der Waals surface area contributed by atoms with E-state index in [2.05, 4.69) is 15.0 Å².